The number of aryl methyl sites for hydroxylation is 2. The summed E-state index contributed by atoms with van der Waals surface area (Å²) in [6.45, 7) is 5.21. The second-order valence-electron chi connectivity index (χ2n) is 6.82. The molecule has 7 heteroatoms. The van der Waals surface area contributed by atoms with E-state index in [1.165, 1.54) is 0 Å². The largest absolute Gasteiger partial charge is 0.353 e. The van der Waals surface area contributed by atoms with Crippen LogP contribution in [0.5, 0.6) is 0 Å². The Labute approximate surface area is 153 Å². The Morgan fingerprint density at radius 1 is 1.19 bits per heavy atom. The lowest BCUT2D eigenvalue weighted by molar-refractivity contribution is -0.121. The summed E-state index contributed by atoms with van der Waals surface area (Å²) in [6.07, 6.45) is 5.15. The van der Waals surface area contributed by atoms with Crippen molar-refractivity contribution in [2.24, 2.45) is 7.05 Å². The first-order valence-corrected chi connectivity index (χ1v) is 8.93. The second kappa shape index (κ2) is 7.68. The van der Waals surface area contributed by atoms with E-state index in [2.05, 4.69) is 15.4 Å². The molecule has 2 aromatic rings. The number of aromatic nitrogens is 3. The van der Waals surface area contributed by atoms with Crippen molar-refractivity contribution in [2.45, 2.75) is 39.2 Å². The van der Waals surface area contributed by atoms with Gasteiger partial charge in [-0.1, -0.05) is 0 Å². The van der Waals surface area contributed by atoms with Crippen LogP contribution in [-0.2, 0) is 18.3 Å². The first kappa shape index (κ1) is 18.1. The molecule has 0 unspecified atom stereocenters. The number of rotatable bonds is 4. The summed E-state index contributed by atoms with van der Waals surface area (Å²) >= 11 is 0. The summed E-state index contributed by atoms with van der Waals surface area (Å²) in [7, 11) is 1.89. The number of nitrogens with one attached hydrogen (secondary N) is 1. The molecule has 3 rings (SSSR count). The molecule has 26 heavy (non-hydrogen) atoms. The maximum atomic E-state index is 12.4. The first-order chi connectivity index (χ1) is 12.5. The van der Waals surface area contributed by atoms with Gasteiger partial charge in [-0.05, 0) is 38.8 Å². The van der Waals surface area contributed by atoms with Gasteiger partial charge in [0.05, 0.1) is 12.1 Å². The second-order valence-corrected chi connectivity index (χ2v) is 6.82. The summed E-state index contributed by atoms with van der Waals surface area (Å²) in [5.41, 5.74) is 3.58. The Balaban J connectivity index is 1.51. The van der Waals surface area contributed by atoms with Gasteiger partial charge in [-0.25, -0.2) is 0 Å². The highest BCUT2D eigenvalue weighted by molar-refractivity contribution is 5.94. The number of hydrogen-bond donors (Lipinski definition) is 1. The third-order valence-electron chi connectivity index (χ3n) is 5.07. The van der Waals surface area contributed by atoms with Gasteiger partial charge in [-0.2, -0.15) is 5.10 Å². The molecule has 0 bridgehead atoms. The molecule has 0 aliphatic carbocycles. The van der Waals surface area contributed by atoms with Crippen LogP contribution in [0.2, 0.25) is 0 Å². The van der Waals surface area contributed by atoms with E-state index in [1.807, 2.05) is 25.8 Å². The van der Waals surface area contributed by atoms with Crippen molar-refractivity contribution in [1.29, 1.82) is 0 Å². The Kier molecular flexibility index (Phi) is 5.35. The number of hydrogen-bond acceptors (Lipinski definition) is 4. The van der Waals surface area contributed by atoms with Crippen LogP contribution in [0, 0.1) is 13.8 Å². The zero-order valence-corrected chi connectivity index (χ0v) is 15.5. The molecule has 138 valence electrons. The summed E-state index contributed by atoms with van der Waals surface area (Å²) in [6, 6.07) is 3.57. The summed E-state index contributed by atoms with van der Waals surface area (Å²) in [4.78, 5) is 30.6. The normalized spacial score (nSPS) is 15.1. The lowest BCUT2D eigenvalue weighted by Crippen LogP contribution is -2.46. The van der Waals surface area contributed by atoms with Crippen molar-refractivity contribution in [1.82, 2.24) is 25.0 Å². The van der Waals surface area contributed by atoms with Gasteiger partial charge in [0.15, 0.2) is 0 Å². The summed E-state index contributed by atoms with van der Waals surface area (Å²) in [5.74, 6) is 0.0434. The predicted molar refractivity (Wildman–Crippen MR) is 97.7 cm³/mol. The van der Waals surface area contributed by atoms with Crippen molar-refractivity contribution in [3.05, 3.63) is 47.0 Å². The minimum atomic E-state index is 0.0168. The Bertz CT molecular complexity index is 792. The van der Waals surface area contributed by atoms with Gasteiger partial charge in [-0.3, -0.25) is 19.3 Å². The number of amides is 2. The smallest absolute Gasteiger partial charge is 0.253 e. The van der Waals surface area contributed by atoms with Crippen molar-refractivity contribution >= 4 is 11.8 Å². The van der Waals surface area contributed by atoms with E-state index in [9.17, 15) is 9.59 Å². The highest BCUT2D eigenvalue weighted by atomic mass is 16.2. The number of piperidine rings is 1. The summed E-state index contributed by atoms with van der Waals surface area (Å²) < 4.78 is 1.81. The van der Waals surface area contributed by atoms with Crippen molar-refractivity contribution in [2.75, 3.05) is 13.1 Å². The van der Waals surface area contributed by atoms with Crippen molar-refractivity contribution in [3.8, 4) is 0 Å². The van der Waals surface area contributed by atoms with Crippen molar-refractivity contribution in [3.63, 3.8) is 0 Å². The highest BCUT2D eigenvalue weighted by Crippen LogP contribution is 2.16. The molecule has 2 aromatic heterocycles. The topological polar surface area (TPSA) is 80.1 Å². The molecule has 0 aromatic carbocycles. The van der Waals surface area contributed by atoms with E-state index >= 15 is 0 Å². The van der Waals surface area contributed by atoms with E-state index in [0.29, 0.717) is 25.1 Å². The molecular weight excluding hydrogens is 330 g/mol. The number of nitrogens with zero attached hydrogens (tertiary/aromatic N) is 4. The Morgan fingerprint density at radius 3 is 2.42 bits per heavy atom. The van der Waals surface area contributed by atoms with Gasteiger partial charge in [0.1, 0.15) is 0 Å². The lowest BCUT2D eigenvalue weighted by Gasteiger charge is -2.32. The fraction of sp³-hybridized carbons (Fsp3) is 0.474. The molecule has 0 radical (unpaired) electrons. The molecule has 1 N–H and O–H groups in total. The van der Waals surface area contributed by atoms with Gasteiger partial charge >= 0.3 is 0 Å². The molecule has 1 aliphatic rings. The van der Waals surface area contributed by atoms with Gasteiger partial charge in [0.25, 0.3) is 5.91 Å². The van der Waals surface area contributed by atoms with Crippen LogP contribution in [-0.4, -0.2) is 50.6 Å². The van der Waals surface area contributed by atoms with Gasteiger partial charge in [-0.15, -0.1) is 0 Å². The Morgan fingerprint density at radius 2 is 1.85 bits per heavy atom. The van der Waals surface area contributed by atoms with E-state index in [1.54, 1.807) is 29.2 Å². The molecule has 0 atom stereocenters. The summed E-state index contributed by atoms with van der Waals surface area (Å²) in [5, 5.41) is 7.46. The highest BCUT2D eigenvalue weighted by Gasteiger charge is 2.25. The minimum absolute atomic E-state index is 0.0168. The Hall–Kier alpha value is -2.70. The fourth-order valence-electron chi connectivity index (χ4n) is 3.42. The standard InChI is InChI=1S/C19H25N5O2/c1-13-17(14(2)23(3)22-13)12-18(25)21-16-6-10-24(11-7-16)19(26)15-4-8-20-9-5-15/h4-5,8-9,16H,6-7,10-12H2,1-3H3,(H,21,25). The fourth-order valence-corrected chi connectivity index (χ4v) is 3.42. The van der Waals surface area contributed by atoms with E-state index < -0.39 is 0 Å². The number of pyridine rings is 1. The predicted octanol–water partition coefficient (Wildman–Crippen LogP) is 1.40. The minimum Gasteiger partial charge on any atom is -0.353 e. The van der Waals surface area contributed by atoms with Crippen LogP contribution in [0.15, 0.2) is 24.5 Å². The van der Waals surface area contributed by atoms with Crippen LogP contribution < -0.4 is 5.32 Å². The molecule has 2 amide bonds. The van der Waals surface area contributed by atoms with Crippen LogP contribution in [0.4, 0.5) is 0 Å². The zero-order valence-electron chi connectivity index (χ0n) is 15.5. The monoisotopic (exact) mass is 355 g/mol. The van der Waals surface area contributed by atoms with Gasteiger partial charge < -0.3 is 10.2 Å². The molecule has 0 spiro atoms. The molecule has 1 fully saturated rings. The van der Waals surface area contributed by atoms with Crippen LogP contribution in [0.1, 0.15) is 40.2 Å². The van der Waals surface area contributed by atoms with E-state index in [0.717, 1.165) is 29.8 Å². The molecule has 3 heterocycles. The SMILES string of the molecule is Cc1nn(C)c(C)c1CC(=O)NC1CCN(C(=O)c2ccncc2)CC1. The number of carbonyl (C=O) groups is 2. The van der Waals surface area contributed by atoms with Crippen molar-refractivity contribution < 1.29 is 9.59 Å². The molecular formula is C19H25N5O2. The van der Waals surface area contributed by atoms with E-state index in [4.69, 9.17) is 0 Å². The maximum Gasteiger partial charge on any atom is 0.253 e. The van der Waals surface area contributed by atoms with Gasteiger partial charge in [0.2, 0.25) is 5.91 Å². The van der Waals surface area contributed by atoms with Crippen LogP contribution in [0.3, 0.4) is 0 Å². The molecule has 0 saturated carbocycles. The molecule has 7 nitrogen and oxygen atoms in total. The molecule has 1 saturated heterocycles. The number of likely N-dealkylation sites (tertiary alicyclic amines) is 1. The maximum absolute atomic E-state index is 12.4. The zero-order chi connectivity index (χ0) is 18.7. The average molecular weight is 355 g/mol. The third-order valence-corrected chi connectivity index (χ3v) is 5.07. The third kappa shape index (κ3) is 3.92. The van der Waals surface area contributed by atoms with Crippen LogP contribution >= 0.6 is 0 Å². The quantitative estimate of drug-likeness (QED) is 0.899. The number of carbonyl (C=O) groups excluding carboxylic acids is 2. The lowest BCUT2D eigenvalue weighted by atomic mass is 10.0. The average Bonchev–Trinajstić information content (AvgIpc) is 2.88. The van der Waals surface area contributed by atoms with Gasteiger partial charge in [0, 0.05) is 55.4 Å². The first-order valence-electron chi connectivity index (χ1n) is 8.93. The molecule has 1 aliphatic heterocycles. The van der Waals surface area contributed by atoms with E-state index in [-0.39, 0.29) is 17.9 Å². The van der Waals surface area contributed by atoms with Crippen LogP contribution in [0.25, 0.3) is 0 Å².